The Labute approximate surface area is 84.0 Å². The summed E-state index contributed by atoms with van der Waals surface area (Å²) in [5, 5.41) is 3.32. The normalized spacial score (nSPS) is 17.6. The Morgan fingerprint density at radius 1 is 1.43 bits per heavy atom. The summed E-state index contributed by atoms with van der Waals surface area (Å²) < 4.78 is 11.0. The highest BCUT2D eigenvalue weighted by Gasteiger charge is 2.26. The summed E-state index contributed by atoms with van der Waals surface area (Å²) in [6.45, 7) is 4.94. The molecule has 0 aromatic heterocycles. The Hall–Kier alpha value is -1.38. The van der Waals surface area contributed by atoms with Crippen molar-refractivity contribution < 1.29 is 9.47 Å². The molecule has 1 aromatic rings. The van der Waals surface area contributed by atoms with Crippen molar-refractivity contribution in [3.05, 3.63) is 18.2 Å². The highest BCUT2D eigenvalue weighted by molar-refractivity contribution is 5.60. The van der Waals surface area contributed by atoms with Gasteiger partial charge in [-0.1, -0.05) is 0 Å². The number of benzene rings is 1. The molecule has 2 rings (SSSR count). The van der Waals surface area contributed by atoms with Crippen LogP contribution in [0.3, 0.4) is 0 Å². The van der Waals surface area contributed by atoms with Crippen molar-refractivity contribution in [2.75, 3.05) is 19.0 Å². The average Bonchev–Trinajstić information content (AvgIpc) is 2.15. The number of anilines is 1. The molecular formula is C11H15NO2. The zero-order valence-electron chi connectivity index (χ0n) is 8.76. The van der Waals surface area contributed by atoms with E-state index in [0.29, 0.717) is 0 Å². The third-order valence-corrected chi connectivity index (χ3v) is 2.28. The minimum Gasteiger partial charge on any atom is -0.497 e. The van der Waals surface area contributed by atoms with Gasteiger partial charge in [-0.05, 0) is 26.0 Å². The summed E-state index contributed by atoms with van der Waals surface area (Å²) in [4.78, 5) is 0. The van der Waals surface area contributed by atoms with Crippen LogP contribution in [0.4, 0.5) is 5.69 Å². The zero-order valence-corrected chi connectivity index (χ0v) is 8.76. The van der Waals surface area contributed by atoms with E-state index in [-0.39, 0.29) is 5.60 Å². The van der Waals surface area contributed by atoms with E-state index in [2.05, 4.69) is 19.2 Å². The predicted molar refractivity (Wildman–Crippen MR) is 56.2 cm³/mol. The van der Waals surface area contributed by atoms with Crippen LogP contribution in [-0.2, 0) is 0 Å². The molecular weight excluding hydrogens is 178 g/mol. The first-order valence-corrected chi connectivity index (χ1v) is 4.72. The first-order valence-electron chi connectivity index (χ1n) is 4.72. The van der Waals surface area contributed by atoms with Crippen molar-refractivity contribution in [2.24, 2.45) is 0 Å². The molecule has 0 spiro atoms. The van der Waals surface area contributed by atoms with Crippen molar-refractivity contribution in [1.29, 1.82) is 0 Å². The van der Waals surface area contributed by atoms with Gasteiger partial charge < -0.3 is 14.8 Å². The van der Waals surface area contributed by atoms with E-state index < -0.39 is 0 Å². The van der Waals surface area contributed by atoms with E-state index in [1.165, 1.54) is 0 Å². The van der Waals surface area contributed by atoms with Gasteiger partial charge in [0.1, 0.15) is 17.1 Å². The number of nitrogens with one attached hydrogen (secondary N) is 1. The predicted octanol–water partition coefficient (Wildman–Crippen LogP) is 2.28. The third kappa shape index (κ3) is 1.62. The van der Waals surface area contributed by atoms with Crippen LogP contribution < -0.4 is 14.8 Å². The molecule has 0 saturated heterocycles. The van der Waals surface area contributed by atoms with Crippen LogP contribution in [0.1, 0.15) is 13.8 Å². The van der Waals surface area contributed by atoms with Crippen LogP contribution in [0.15, 0.2) is 18.2 Å². The van der Waals surface area contributed by atoms with Crippen molar-refractivity contribution >= 4 is 5.69 Å². The number of rotatable bonds is 1. The molecule has 0 radical (unpaired) electrons. The summed E-state index contributed by atoms with van der Waals surface area (Å²) >= 11 is 0. The Bertz CT molecular complexity index is 347. The van der Waals surface area contributed by atoms with Gasteiger partial charge in [0.25, 0.3) is 0 Å². The van der Waals surface area contributed by atoms with Crippen molar-refractivity contribution in [2.45, 2.75) is 19.4 Å². The molecule has 3 nitrogen and oxygen atoms in total. The number of hydrogen-bond acceptors (Lipinski definition) is 3. The molecule has 0 atom stereocenters. The summed E-state index contributed by atoms with van der Waals surface area (Å²) in [6.07, 6.45) is 0. The van der Waals surface area contributed by atoms with Gasteiger partial charge in [0.2, 0.25) is 0 Å². The lowest BCUT2D eigenvalue weighted by Gasteiger charge is -2.33. The smallest absolute Gasteiger partial charge is 0.146 e. The van der Waals surface area contributed by atoms with Crippen molar-refractivity contribution in [1.82, 2.24) is 0 Å². The first-order chi connectivity index (χ1) is 6.61. The van der Waals surface area contributed by atoms with E-state index in [4.69, 9.17) is 9.47 Å². The van der Waals surface area contributed by atoms with E-state index in [0.717, 1.165) is 23.7 Å². The molecule has 1 aromatic carbocycles. The lowest BCUT2D eigenvalue weighted by atomic mass is 10.1. The van der Waals surface area contributed by atoms with Crippen LogP contribution in [-0.4, -0.2) is 19.3 Å². The molecule has 0 fully saturated rings. The molecule has 3 heteroatoms. The van der Waals surface area contributed by atoms with Crippen LogP contribution in [0.5, 0.6) is 11.5 Å². The molecule has 76 valence electrons. The van der Waals surface area contributed by atoms with Crippen LogP contribution in [0.25, 0.3) is 0 Å². The fourth-order valence-corrected chi connectivity index (χ4v) is 1.50. The standard InChI is InChI=1S/C11H15NO2/c1-11(2)7-12-9-5-4-8(13-3)6-10(9)14-11/h4-6,12H,7H2,1-3H3. The maximum atomic E-state index is 5.82. The molecule has 1 aliphatic rings. The Morgan fingerprint density at radius 2 is 2.21 bits per heavy atom. The second-order valence-electron chi connectivity index (χ2n) is 4.08. The van der Waals surface area contributed by atoms with Gasteiger partial charge in [-0.2, -0.15) is 0 Å². The summed E-state index contributed by atoms with van der Waals surface area (Å²) in [7, 11) is 1.66. The summed E-state index contributed by atoms with van der Waals surface area (Å²) in [5.74, 6) is 1.68. The second-order valence-corrected chi connectivity index (χ2v) is 4.08. The quantitative estimate of drug-likeness (QED) is 0.742. The molecule has 1 heterocycles. The lowest BCUT2D eigenvalue weighted by Crippen LogP contribution is -2.39. The minimum absolute atomic E-state index is 0.153. The molecule has 0 bridgehead atoms. The van der Waals surface area contributed by atoms with Gasteiger partial charge in [-0.15, -0.1) is 0 Å². The highest BCUT2D eigenvalue weighted by Crippen LogP contribution is 2.35. The molecule has 1 aliphatic heterocycles. The largest absolute Gasteiger partial charge is 0.497 e. The summed E-state index contributed by atoms with van der Waals surface area (Å²) in [5.41, 5.74) is 0.879. The number of methoxy groups -OCH3 is 1. The molecule has 14 heavy (non-hydrogen) atoms. The molecule has 0 saturated carbocycles. The van der Waals surface area contributed by atoms with Gasteiger partial charge in [-0.25, -0.2) is 0 Å². The van der Waals surface area contributed by atoms with Gasteiger partial charge >= 0.3 is 0 Å². The van der Waals surface area contributed by atoms with Crippen LogP contribution >= 0.6 is 0 Å². The molecule has 0 amide bonds. The molecule has 0 aliphatic carbocycles. The highest BCUT2D eigenvalue weighted by atomic mass is 16.5. The molecule has 0 unspecified atom stereocenters. The van der Waals surface area contributed by atoms with Crippen LogP contribution in [0.2, 0.25) is 0 Å². The lowest BCUT2D eigenvalue weighted by molar-refractivity contribution is 0.116. The fraction of sp³-hybridized carbons (Fsp3) is 0.455. The maximum absolute atomic E-state index is 5.82. The van der Waals surface area contributed by atoms with E-state index in [9.17, 15) is 0 Å². The van der Waals surface area contributed by atoms with Crippen molar-refractivity contribution in [3.63, 3.8) is 0 Å². The Balaban J connectivity index is 2.34. The minimum atomic E-state index is -0.153. The van der Waals surface area contributed by atoms with Gasteiger partial charge in [0.15, 0.2) is 0 Å². The van der Waals surface area contributed by atoms with E-state index in [1.807, 2.05) is 18.2 Å². The fourth-order valence-electron chi connectivity index (χ4n) is 1.50. The maximum Gasteiger partial charge on any atom is 0.146 e. The average molecular weight is 193 g/mol. The van der Waals surface area contributed by atoms with Gasteiger partial charge in [0, 0.05) is 6.07 Å². The number of fused-ring (bicyclic) bond motifs is 1. The monoisotopic (exact) mass is 193 g/mol. The molecule has 1 N–H and O–H groups in total. The Morgan fingerprint density at radius 3 is 2.93 bits per heavy atom. The number of ether oxygens (including phenoxy) is 2. The number of hydrogen-bond donors (Lipinski definition) is 1. The van der Waals surface area contributed by atoms with Crippen LogP contribution in [0, 0.1) is 0 Å². The zero-order chi connectivity index (χ0) is 10.2. The SMILES string of the molecule is COc1ccc2c(c1)OC(C)(C)CN2. The van der Waals surface area contributed by atoms with E-state index >= 15 is 0 Å². The third-order valence-electron chi connectivity index (χ3n) is 2.28. The first kappa shape index (κ1) is 9.19. The topological polar surface area (TPSA) is 30.5 Å². The van der Waals surface area contributed by atoms with E-state index in [1.54, 1.807) is 7.11 Å². The van der Waals surface area contributed by atoms with Gasteiger partial charge in [0.05, 0.1) is 19.3 Å². The summed E-state index contributed by atoms with van der Waals surface area (Å²) in [6, 6.07) is 5.81. The van der Waals surface area contributed by atoms with Gasteiger partial charge in [-0.3, -0.25) is 0 Å². The second kappa shape index (κ2) is 3.08. The van der Waals surface area contributed by atoms with Crippen molar-refractivity contribution in [3.8, 4) is 11.5 Å². The Kier molecular flexibility index (Phi) is 2.02.